The first kappa shape index (κ1) is 15.1. The molecule has 0 atom stereocenters. The van der Waals surface area contributed by atoms with Crippen LogP contribution in [-0.2, 0) is 6.54 Å². The van der Waals surface area contributed by atoms with Gasteiger partial charge < -0.3 is 0 Å². The van der Waals surface area contributed by atoms with Gasteiger partial charge >= 0.3 is 0 Å². The van der Waals surface area contributed by atoms with Gasteiger partial charge in [-0.15, -0.1) is 0 Å². The van der Waals surface area contributed by atoms with Crippen LogP contribution in [0.15, 0.2) is 18.2 Å². The highest BCUT2D eigenvalue weighted by Gasteiger charge is 2.21. The molecule has 0 amide bonds. The van der Waals surface area contributed by atoms with E-state index in [-0.39, 0.29) is 0 Å². The Hall–Kier alpha value is -0.340. The average Bonchev–Trinajstić information content (AvgIpc) is 2.43. The SMILES string of the molecule is Cc1ccc(C)c(CN(CCBr)C2CCCCC2)c1. The van der Waals surface area contributed by atoms with Crippen LogP contribution in [-0.4, -0.2) is 22.8 Å². The van der Waals surface area contributed by atoms with Gasteiger partial charge in [-0.05, 0) is 37.8 Å². The summed E-state index contributed by atoms with van der Waals surface area (Å²) in [4.78, 5) is 2.69. The summed E-state index contributed by atoms with van der Waals surface area (Å²) in [5, 5.41) is 1.08. The van der Waals surface area contributed by atoms with Gasteiger partial charge in [-0.2, -0.15) is 0 Å². The fourth-order valence-electron chi connectivity index (χ4n) is 3.13. The van der Waals surface area contributed by atoms with Crippen molar-refractivity contribution in [2.45, 2.75) is 58.5 Å². The maximum Gasteiger partial charge on any atom is 0.0239 e. The minimum absolute atomic E-state index is 0.797. The monoisotopic (exact) mass is 323 g/mol. The van der Waals surface area contributed by atoms with Crippen LogP contribution in [0.5, 0.6) is 0 Å². The van der Waals surface area contributed by atoms with Gasteiger partial charge in [0.15, 0.2) is 0 Å². The molecular weight excluding hydrogens is 298 g/mol. The topological polar surface area (TPSA) is 3.24 Å². The highest BCUT2D eigenvalue weighted by molar-refractivity contribution is 9.09. The Morgan fingerprint density at radius 1 is 1.16 bits per heavy atom. The molecule has 0 aliphatic heterocycles. The number of nitrogens with zero attached hydrogens (tertiary/aromatic N) is 1. The van der Waals surface area contributed by atoms with Crippen LogP contribution in [0.2, 0.25) is 0 Å². The second-order valence-corrected chi connectivity index (χ2v) is 6.67. The molecule has 1 saturated carbocycles. The Labute approximate surface area is 126 Å². The lowest BCUT2D eigenvalue weighted by molar-refractivity contribution is 0.157. The molecule has 0 saturated heterocycles. The third-order valence-corrected chi connectivity index (χ3v) is 4.70. The van der Waals surface area contributed by atoms with Crippen molar-refractivity contribution >= 4 is 15.9 Å². The normalized spacial score (nSPS) is 17.1. The molecule has 0 N–H and O–H groups in total. The zero-order valence-electron chi connectivity index (χ0n) is 12.3. The first-order valence-electron chi connectivity index (χ1n) is 7.57. The van der Waals surface area contributed by atoms with E-state index in [9.17, 15) is 0 Å². The number of rotatable bonds is 5. The van der Waals surface area contributed by atoms with E-state index in [0.717, 1.165) is 24.5 Å². The summed E-state index contributed by atoms with van der Waals surface area (Å²) in [5.74, 6) is 0. The number of alkyl halides is 1. The van der Waals surface area contributed by atoms with Crippen LogP contribution in [0.4, 0.5) is 0 Å². The Balaban J connectivity index is 2.08. The third kappa shape index (κ3) is 4.32. The molecule has 1 aromatic carbocycles. The molecule has 1 fully saturated rings. The summed E-state index contributed by atoms with van der Waals surface area (Å²) in [7, 11) is 0. The minimum atomic E-state index is 0.797. The zero-order chi connectivity index (χ0) is 13.7. The quantitative estimate of drug-likeness (QED) is 0.701. The van der Waals surface area contributed by atoms with Crippen molar-refractivity contribution in [3.05, 3.63) is 34.9 Å². The van der Waals surface area contributed by atoms with Gasteiger partial charge in [0.25, 0.3) is 0 Å². The summed E-state index contributed by atoms with van der Waals surface area (Å²) in [5.41, 5.74) is 4.32. The van der Waals surface area contributed by atoms with Crippen LogP contribution < -0.4 is 0 Å². The lowest BCUT2D eigenvalue weighted by Gasteiger charge is -2.34. The number of halogens is 1. The van der Waals surface area contributed by atoms with Crippen molar-refractivity contribution in [3.8, 4) is 0 Å². The second-order valence-electron chi connectivity index (χ2n) is 5.88. The fraction of sp³-hybridized carbons (Fsp3) is 0.647. The highest BCUT2D eigenvalue weighted by Crippen LogP contribution is 2.25. The van der Waals surface area contributed by atoms with E-state index in [2.05, 4.69) is 52.9 Å². The molecule has 106 valence electrons. The van der Waals surface area contributed by atoms with Gasteiger partial charge in [-0.3, -0.25) is 4.90 Å². The summed E-state index contributed by atoms with van der Waals surface area (Å²) < 4.78 is 0. The van der Waals surface area contributed by atoms with E-state index in [1.165, 1.54) is 48.8 Å². The van der Waals surface area contributed by atoms with Crippen molar-refractivity contribution in [1.82, 2.24) is 4.90 Å². The average molecular weight is 324 g/mol. The molecule has 2 heteroatoms. The van der Waals surface area contributed by atoms with Crippen LogP contribution in [0.25, 0.3) is 0 Å². The van der Waals surface area contributed by atoms with Crippen molar-refractivity contribution in [3.63, 3.8) is 0 Å². The minimum Gasteiger partial charge on any atom is -0.295 e. The molecule has 0 bridgehead atoms. The molecule has 2 rings (SSSR count). The number of hydrogen-bond acceptors (Lipinski definition) is 1. The summed E-state index contributed by atoms with van der Waals surface area (Å²) in [6.45, 7) is 6.71. The second kappa shape index (κ2) is 7.44. The lowest BCUT2D eigenvalue weighted by atomic mass is 9.93. The maximum atomic E-state index is 3.62. The van der Waals surface area contributed by atoms with Gasteiger partial charge in [-0.25, -0.2) is 0 Å². The largest absolute Gasteiger partial charge is 0.295 e. The third-order valence-electron chi connectivity index (χ3n) is 4.34. The van der Waals surface area contributed by atoms with Crippen molar-refractivity contribution in [1.29, 1.82) is 0 Å². The van der Waals surface area contributed by atoms with Gasteiger partial charge in [0, 0.05) is 24.5 Å². The predicted octanol–water partition coefficient (Wildman–Crippen LogP) is 4.83. The van der Waals surface area contributed by atoms with Gasteiger partial charge in [0.05, 0.1) is 0 Å². The Bertz CT molecular complexity index is 396. The van der Waals surface area contributed by atoms with Crippen LogP contribution in [0, 0.1) is 13.8 Å². The van der Waals surface area contributed by atoms with Crippen molar-refractivity contribution < 1.29 is 0 Å². The molecule has 0 radical (unpaired) electrons. The Morgan fingerprint density at radius 2 is 1.89 bits per heavy atom. The number of benzene rings is 1. The first-order valence-corrected chi connectivity index (χ1v) is 8.69. The molecular formula is C17H26BrN. The Kier molecular flexibility index (Phi) is 5.90. The zero-order valence-corrected chi connectivity index (χ0v) is 13.9. The van der Waals surface area contributed by atoms with Crippen LogP contribution >= 0.6 is 15.9 Å². The molecule has 1 aliphatic carbocycles. The molecule has 0 unspecified atom stereocenters. The van der Waals surface area contributed by atoms with Crippen molar-refractivity contribution in [2.24, 2.45) is 0 Å². The standard InChI is InChI=1S/C17H26BrN/c1-14-8-9-15(2)16(12-14)13-19(11-10-18)17-6-4-3-5-7-17/h8-9,12,17H,3-7,10-11,13H2,1-2H3. The van der Waals surface area contributed by atoms with Crippen molar-refractivity contribution in [2.75, 3.05) is 11.9 Å². The van der Waals surface area contributed by atoms with Crippen LogP contribution in [0.3, 0.4) is 0 Å². The van der Waals surface area contributed by atoms with E-state index in [0.29, 0.717) is 0 Å². The summed E-state index contributed by atoms with van der Waals surface area (Å²) in [6, 6.07) is 7.64. The fourth-order valence-corrected chi connectivity index (χ4v) is 3.59. The summed E-state index contributed by atoms with van der Waals surface area (Å²) >= 11 is 3.62. The molecule has 0 spiro atoms. The molecule has 0 aromatic heterocycles. The van der Waals surface area contributed by atoms with E-state index in [4.69, 9.17) is 0 Å². The number of aryl methyl sites for hydroxylation is 2. The van der Waals surface area contributed by atoms with E-state index in [1.54, 1.807) is 0 Å². The van der Waals surface area contributed by atoms with Crippen LogP contribution in [0.1, 0.15) is 48.8 Å². The van der Waals surface area contributed by atoms with E-state index >= 15 is 0 Å². The lowest BCUT2D eigenvalue weighted by Crippen LogP contribution is -2.37. The smallest absolute Gasteiger partial charge is 0.0239 e. The molecule has 0 heterocycles. The van der Waals surface area contributed by atoms with Gasteiger partial charge in [-0.1, -0.05) is 59.0 Å². The molecule has 1 aliphatic rings. The first-order chi connectivity index (χ1) is 9.20. The number of hydrogen-bond donors (Lipinski definition) is 0. The van der Waals surface area contributed by atoms with E-state index in [1.807, 2.05) is 0 Å². The van der Waals surface area contributed by atoms with E-state index < -0.39 is 0 Å². The van der Waals surface area contributed by atoms with Gasteiger partial charge in [0.2, 0.25) is 0 Å². The maximum absolute atomic E-state index is 3.62. The molecule has 19 heavy (non-hydrogen) atoms. The molecule has 1 nitrogen and oxygen atoms in total. The molecule has 1 aromatic rings. The van der Waals surface area contributed by atoms with Gasteiger partial charge in [0.1, 0.15) is 0 Å². The predicted molar refractivity (Wildman–Crippen MR) is 87.0 cm³/mol. The highest BCUT2D eigenvalue weighted by atomic mass is 79.9. The summed E-state index contributed by atoms with van der Waals surface area (Å²) in [6.07, 6.45) is 7.03. The Morgan fingerprint density at radius 3 is 2.58 bits per heavy atom.